The van der Waals surface area contributed by atoms with Gasteiger partial charge in [-0.2, -0.15) is 0 Å². The molecule has 0 amide bonds. The van der Waals surface area contributed by atoms with Gasteiger partial charge in [0.25, 0.3) is 0 Å². The molecule has 4 heteroatoms. The van der Waals surface area contributed by atoms with Gasteiger partial charge in [-0.05, 0) is 41.5 Å². The molecule has 39 heavy (non-hydrogen) atoms. The summed E-state index contributed by atoms with van der Waals surface area (Å²) >= 11 is 1.86. The topological polar surface area (TPSA) is 38.7 Å². The minimum Gasteiger partial charge on any atom is -0.265 e. The Hall–Kier alpha value is -4.93. The van der Waals surface area contributed by atoms with E-state index in [0.717, 1.165) is 44.3 Å². The maximum Gasteiger partial charge on any atom is 0.0972 e. The van der Waals surface area contributed by atoms with Crippen molar-refractivity contribution in [2.45, 2.75) is 0 Å². The lowest BCUT2D eigenvalue weighted by molar-refractivity contribution is 1.31. The zero-order chi connectivity index (χ0) is 25.8. The van der Waals surface area contributed by atoms with Crippen molar-refractivity contribution in [1.82, 2.24) is 15.0 Å². The van der Waals surface area contributed by atoms with Crippen molar-refractivity contribution in [2.24, 2.45) is 0 Å². The predicted octanol–water partition coefficient (Wildman–Crippen LogP) is 9.55. The molecule has 0 unspecified atom stereocenters. The van der Waals surface area contributed by atoms with Gasteiger partial charge in [0.05, 0.1) is 22.4 Å². The van der Waals surface area contributed by atoms with E-state index in [0.29, 0.717) is 0 Å². The van der Waals surface area contributed by atoms with E-state index in [9.17, 15) is 0 Å². The fourth-order valence-corrected chi connectivity index (χ4v) is 6.65. The third-order valence-electron chi connectivity index (χ3n) is 7.39. The largest absolute Gasteiger partial charge is 0.265 e. The van der Waals surface area contributed by atoms with Crippen molar-refractivity contribution >= 4 is 53.3 Å². The molecule has 4 heterocycles. The van der Waals surface area contributed by atoms with E-state index < -0.39 is 0 Å². The summed E-state index contributed by atoms with van der Waals surface area (Å²) in [6.07, 6.45) is 3.59. The summed E-state index contributed by atoms with van der Waals surface area (Å²) in [7, 11) is 0. The highest BCUT2D eigenvalue weighted by Crippen LogP contribution is 2.40. The zero-order valence-corrected chi connectivity index (χ0v) is 21.7. The molecule has 0 saturated carbocycles. The molecule has 182 valence electrons. The molecule has 4 aromatic heterocycles. The molecule has 0 N–H and O–H groups in total. The van der Waals surface area contributed by atoms with Gasteiger partial charge in [0, 0.05) is 54.5 Å². The van der Waals surface area contributed by atoms with Crippen molar-refractivity contribution in [3.8, 4) is 33.6 Å². The quantitative estimate of drug-likeness (QED) is 0.220. The van der Waals surface area contributed by atoms with E-state index in [4.69, 9.17) is 9.97 Å². The van der Waals surface area contributed by atoms with Gasteiger partial charge in [0.15, 0.2) is 0 Å². The van der Waals surface area contributed by atoms with Crippen molar-refractivity contribution in [3.63, 3.8) is 0 Å². The lowest BCUT2D eigenvalue weighted by atomic mass is 10.00. The van der Waals surface area contributed by atoms with Gasteiger partial charge < -0.3 is 0 Å². The number of hydrogen-bond acceptors (Lipinski definition) is 4. The molecule has 8 aromatic rings. The monoisotopic (exact) mass is 515 g/mol. The number of aromatic nitrogens is 3. The highest BCUT2D eigenvalue weighted by Gasteiger charge is 2.12. The molecule has 0 bridgehead atoms. The summed E-state index contributed by atoms with van der Waals surface area (Å²) in [5.41, 5.74) is 8.31. The third kappa shape index (κ3) is 3.69. The van der Waals surface area contributed by atoms with Crippen LogP contribution in [0.1, 0.15) is 0 Å². The summed E-state index contributed by atoms with van der Waals surface area (Å²) in [6, 6.07) is 40.7. The summed E-state index contributed by atoms with van der Waals surface area (Å²) in [4.78, 5) is 14.3. The van der Waals surface area contributed by atoms with Gasteiger partial charge in [0.2, 0.25) is 0 Å². The number of nitrogens with zero attached hydrogens (tertiary/aromatic N) is 3. The second-order valence-corrected chi connectivity index (χ2v) is 10.7. The first kappa shape index (κ1) is 22.1. The van der Waals surface area contributed by atoms with Crippen LogP contribution in [0.3, 0.4) is 0 Å². The van der Waals surface area contributed by atoms with E-state index in [1.807, 2.05) is 23.5 Å². The van der Waals surface area contributed by atoms with Crippen LogP contribution in [0.5, 0.6) is 0 Å². The van der Waals surface area contributed by atoms with Crippen molar-refractivity contribution in [2.75, 3.05) is 0 Å². The van der Waals surface area contributed by atoms with Crippen LogP contribution in [0.15, 0.2) is 128 Å². The Bertz CT molecular complexity index is 2160. The molecule has 0 aliphatic carbocycles. The summed E-state index contributed by atoms with van der Waals surface area (Å²) in [5.74, 6) is 0. The number of pyridine rings is 3. The van der Waals surface area contributed by atoms with E-state index in [1.54, 1.807) is 12.4 Å². The van der Waals surface area contributed by atoms with E-state index in [2.05, 4.69) is 108 Å². The molecular formula is C35H21N3S. The maximum atomic E-state index is 5.12. The van der Waals surface area contributed by atoms with E-state index in [-0.39, 0.29) is 0 Å². The first-order valence-corrected chi connectivity index (χ1v) is 13.8. The van der Waals surface area contributed by atoms with Crippen molar-refractivity contribution < 1.29 is 0 Å². The predicted molar refractivity (Wildman–Crippen MR) is 164 cm³/mol. The van der Waals surface area contributed by atoms with Crippen LogP contribution < -0.4 is 0 Å². The first-order chi connectivity index (χ1) is 19.3. The Morgan fingerprint density at radius 2 is 1.05 bits per heavy atom. The Kier molecular flexibility index (Phi) is 5.00. The average molecular weight is 516 g/mol. The van der Waals surface area contributed by atoms with Crippen LogP contribution in [-0.4, -0.2) is 15.0 Å². The lowest BCUT2D eigenvalue weighted by Crippen LogP contribution is -1.91. The number of fused-ring (bicyclic) bond motifs is 6. The maximum absolute atomic E-state index is 5.12. The van der Waals surface area contributed by atoms with E-state index in [1.165, 1.54) is 31.3 Å². The van der Waals surface area contributed by atoms with Crippen LogP contribution in [0, 0.1) is 0 Å². The van der Waals surface area contributed by atoms with E-state index >= 15 is 0 Å². The van der Waals surface area contributed by atoms with Crippen molar-refractivity contribution in [1.29, 1.82) is 0 Å². The fraction of sp³-hybridized carbons (Fsp3) is 0. The Balaban J connectivity index is 1.22. The fourth-order valence-electron chi connectivity index (χ4n) is 5.41. The molecule has 0 radical (unpaired) electrons. The van der Waals surface area contributed by atoms with Crippen LogP contribution in [0.25, 0.3) is 75.6 Å². The van der Waals surface area contributed by atoms with Crippen LogP contribution in [0.4, 0.5) is 0 Å². The van der Waals surface area contributed by atoms with Crippen LogP contribution in [0.2, 0.25) is 0 Å². The van der Waals surface area contributed by atoms with Gasteiger partial charge >= 0.3 is 0 Å². The third-order valence-corrected chi connectivity index (χ3v) is 8.61. The lowest BCUT2D eigenvalue weighted by Gasteiger charge is -2.09. The molecule has 0 atom stereocenters. The minimum absolute atomic E-state index is 0.914. The highest BCUT2D eigenvalue weighted by atomic mass is 32.1. The molecule has 3 nitrogen and oxygen atoms in total. The average Bonchev–Trinajstić information content (AvgIpc) is 3.40. The molecule has 0 spiro atoms. The first-order valence-electron chi connectivity index (χ1n) is 12.9. The van der Waals surface area contributed by atoms with Crippen LogP contribution in [-0.2, 0) is 0 Å². The minimum atomic E-state index is 0.914. The second-order valence-electron chi connectivity index (χ2n) is 9.70. The number of hydrogen-bond donors (Lipinski definition) is 0. The molecule has 0 fully saturated rings. The zero-order valence-electron chi connectivity index (χ0n) is 20.9. The van der Waals surface area contributed by atoms with Gasteiger partial charge in [-0.25, -0.2) is 9.97 Å². The molecule has 0 saturated heterocycles. The number of rotatable bonds is 3. The second kappa shape index (κ2) is 8.83. The van der Waals surface area contributed by atoms with Crippen LogP contribution >= 0.6 is 11.3 Å². The smallest absolute Gasteiger partial charge is 0.0972 e. The summed E-state index contributed by atoms with van der Waals surface area (Å²) in [5, 5.41) is 4.80. The molecule has 0 aliphatic heterocycles. The van der Waals surface area contributed by atoms with Gasteiger partial charge in [0.1, 0.15) is 0 Å². The van der Waals surface area contributed by atoms with Gasteiger partial charge in [-0.15, -0.1) is 11.3 Å². The molecule has 8 rings (SSSR count). The van der Waals surface area contributed by atoms with Crippen molar-refractivity contribution in [3.05, 3.63) is 128 Å². The SMILES string of the molecule is c1ccc2c(c1)sc1c(-c3ccc(-c4ccc5ccc6ccc(-c7ccncc7)nc6c5n4)cc3)cccc12. The molecular weight excluding hydrogens is 494 g/mol. The van der Waals surface area contributed by atoms with Gasteiger partial charge in [-0.3, -0.25) is 4.98 Å². The highest BCUT2D eigenvalue weighted by molar-refractivity contribution is 7.26. The Labute approximate surface area is 229 Å². The molecule has 0 aliphatic rings. The standard InChI is InChI=1S/C35H21N3S/c1-2-7-32-28(4-1)29-6-3-5-27(35(29)39-32)22-8-10-23(11-9-22)30-16-14-25-12-13-26-15-17-31(24-18-20-36-21-19-24)38-34(26)33(25)37-30/h1-21H. The van der Waals surface area contributed by atoms with Gasteiger partial charge in [-0.1, -0.05) is 84.9 Å². The number of benzene rings is 4. The Morgan fingerprint density at radius 1 is 0.462 bits per heavy atom. The summed E-state index contributed by atoms with van der Waals surface area (Å²) in [6.45, 7) is 0. The summed E-state index contributed by atoms with van der Waals surface area (Å²) < 4.78 is 2.66. The Morgan fingerprint density at radius 3 is 1.77 bits per heavy atom. The normalized spacial score (nSPS) is 11.6. The number of thiophene rings is 1. The molecule has 4 aromatic carbocycles.